The van der Waals surface area contributed by atoms with Crippen LogP contribution in [0.2, 0.25) is 0 Å². The zero-order chi connectivity index (χ0) is 13.7. The summed E-state index contributed by atoms with van der Waals surface area (Å²) in [5.41, 5.74) is 1.13. The molecule has 1 fully saturated rings. The lowest BCUT2D eigenvalue weighted by Crippen LogP contribution is -2.45. The summed E-state index contributed by atoms with van der Waals surface area (Å²) in [6, 6.07) is 6.99. The standard InChI is InChI=1S/C15H26N4/c1-4-16-11-13-7-5-9-15(17-13)19-10-6-8-14(12-19)18(2)3/h5,7,9,14,16H,4,6,8,10-12H2,1-3H3. The Bertz CT molecular complexity index is 391. The number of nitrogens with one attached hydrogen (secondary N) is 1. The van der Waals surface area contributed by atoms with Gasteiger partial charge in [0, 0.05) is 25.7 Å². The lowest BCUT2D eigenvalue weighted by molar-refractivity contribution is 0.257. The molecule has 0 bridgehead atoms. The number of nitrogens with zero attached hydrogens (tertiary/aromatic N) is 3. The van der Waals surface area contributed by atoms with Crippen molar-refractivity contribution in [3.05, 3.63) is 23.9 Å². The first-order valence-corrected chi connectivity index (χ1v) is 7.28. The molecule has 0 radical (unpaired) electrons. The van der Waals surface area contributed by atoms with Crippen molar-refractivity contribution in [1.82, 2.24) is 15.2 Å². The summed E-state index contributed by atoms with van der Waals surface area (Å²) in [5.74, 6) is 1.13. The molecular formula is C15H26N4. The number of anilines is 1. The van der Waals surface area contributed by atoms with Crippen molar-refractivity contribution < 1.29 is 0 Å². The van der Waals surface area contributed by atoms with Crippen LogP contribution < -0.4 is 10.2 Å². The third kappa shape index (κ3) is 3.91. The average molecular weight is 262 g/mol. The number of likely N-dealkylation sites (N-methyl/N-ethyl adjacent to an activating group) is 1. The van der Waals surface area contributed by atoms with Crippen LogP contribution in [0.3, 0.4) is 0 Å². The number of piperidine rings is 1. The SMILES string of the molecule is CCNCc1cccc(N2CCCC(N(C)C)C2)n1. The van der Waals surface area contributed by atoms with Gasteiger partial charge < -0.3 is 15.1 Å². The van der Waals surface area contributed by atoms with Gasteiger partial charge in [0.1, 0.15) is 5.82 Å². The molecule has 19 heavy (non-hydrogen) atoms. The maximum absolute atomic E-state index is 4.77. The molecule has 1 aromatic heterocycles. The third-order valence-electron chi connectivity index (χ3n) is 3.80. The maximum Gasteiger partial charge on any atom is 0.128 e. The van der Waals surface area contributed by atoms with Crippen molar-refractivity contribution in [1.29, 1.82) is 0 Å². The van der Waals surface area contributed by atoms with Gasteiger partial charge in [-0.1, -0.05) is 13.0 Å². The minimum Gasteiger partial charge on any atom is -0.355 e. The Hall–Kier alpha value is -1.13. The molecule has 4 nitrogen and oxygen atoms in total. The summed E-state index contributed by atoms with van der Waals surface area (Å²) >= 11 is 0. The second-order valence-electron chi connectivity index (χ2n) is 5.47. The zero-order valence-corrected chi connectivity index (χ0v) is 12.4. The second-order valence-corrected chi connectivity index (χ2v) is 5.47. The second kappa shape index (κ2) is 6.87. The minimum atomic E-state index is 0.646. The Morgan fingerprint density at radius 3 is 3.00 bits per heavy atom. The van der Waals surface area contributed by atoms with E-state index in [4.69, 9.17) is 4.98 Å². The highest BCUT2D eigenvalue weighted by molar-refractivity contribution is 5.40. The molecule has 1 N–H and O–H groups in total. The van der Waals surface area contributed by atoms with Crippen molar-refractivity contribution in [2.24, 2.45) is 0 Å². The summed E-state index contributed by atoms with van der Waals surface area (Å²) in [7, 11) is 4.34. The Balaban J connectivity index is 2.04. The van der Waals surface area contributed by atoms with Gasteiger partial charge in [0.05, 0.1) is 5.69 Å². The molecule has 1 saturated heterocycles. The van der Waals surface area contributed by atoms with E-state index in [2.05, 4.69) is 54.3 Å². The van der Waals surface area contributed by atoms with Crippen molar-refractivity contribution in [3.63, 3.8) is 0 Å². The molecule has 1 aliphatic rings. The van der Waals surface area contributed by atoms with Crippen LogP contribution >= 0.6 is 0 Å². The smallest absolute Gasteiger partial charge is 0.128 e. The zero-order valence-electron chi connectivity index (χ0n) is 12.4. The van der Waals surface area contributed by atoms with Crippen LogP contribution in [0.25, 0.3) is 0 Å². The van der Waals surface area contributed by atoms with Crippen LogP contribution in [0.5, 0.6) is 0 Å². The van der Waals surface area contributed by atoms with E-state index in [-0.39, 0.29) is 0 Å². The molecule has 106 valence electrons. The molecule has 0 saturated carbocycles. The first-order chi connectivity index (χ1) is 9.20. The maximum atomic E-state index is 4.77. The highest BCUT2D eigenvalue weighted by atomic mass is 15.2. The summed E-state index contributed by atoms with van der Waals surface area (Å²) < 4.78 is 0. The van der Waals surface area contributed by atoms with Gasteiger partial charge in [-0.15, -0.1) is 0 Å². The molecule has 0 spiro atoms. The fourth-order valence-electron chi connectivity index (χ4n) is 2.58. The van der Waals surface area contributed by atoms with Crippen LogP contribution in [0, 0.1) is 0 Å². The van der Waals surface area contributed by atoms with E-state index in [1.165, 1.54) is 12.8 Å². The normalized spacial score (nSPS) is 20.0. The van der Waals surface area contributed by atoms with Gasteiger partial charge in [0.15, 0.2) is 0 Å². The number of aromatic nitrogens is 1. The molecule has 1 unspecified atom stereocenters. The number of rotatable bonds is 5. The molecule has 1 aromatic rings. The van der Waals surface area contributed by atoms with Gasteiger partial charge in [0.2, 0.25) is 0 Å². The molecule has 0 amide bonds. The molecule has 0 aliphatic carbocycles. The van der Waals surface area contributed by atoms with Crippen LogP contribution in [0.15, 0.2) is 18.2 Å². The van der Waals surface area contributed by atoms with Crippen LogP contribution in [-0.4, -0.2) is 49.7 Å². The fourth-order valence-corrected chi connectivity index (χ4v) is 2.58. The molecule has 2 heterocycles. The quantitative estimate of drug-likeness (QED) is 0.875. The Labute approximate surface area is 116 Å². The summed E-state index contributed by atoms with van der Waals surface area (Å²) in [6.45, 7) is 6.18. The topological polar surface area (TPSA) is 31.4 Å². The average Bonchev–Trinajstić information content (AvgIpc) is 2.45. The van der Waals surface area contributed by atoms with Gasteiger partial charge in [0.25, 0.3) is 0 Å². The van der Waals surface area contributed by atoms with Gasteiger partial charge >= 0.3 is 0 Å². The number of hydrogen-bond donors (Lipinski definition) is 1. The van der Waals surface area contributed by atoms with Crippen molar-refractivity contribution >= 4 is 5.82 Å². The van der Waals surface area contributed by atoms with E-state index in [1.807, 2.05) is 0 Å². The van der Waals surface area contributed by atoms with Gasteiger partial charge in [-0.05, 0) is 45.6 Å². The van der Waals surface area contributed by atoms with Crippen LogP contribution in [-0.2, 0) is 6.54 Å². The molecule has 2 rings (SSSR count). The largest absolute Gasteiger partial charge is 0.355 e. The summed E-state index contributed by atoms with van der Waals surface area (Å²) in [5, 5.41) is 3.33. The first kappa shape index (κ1) is 14.3. The van der Waals surface area contributed by atoms with Crippen LogP contribution in [0.1, 0.15) is 25.5 Å². The Morgan fingerprint density at radius 1 is 1.42 bits per heavy atom. The van der Waals surface area contributed by atoms with E-state index >= 15 is 0 Å². The van der Waals surface area contributed by atoms with Crippen molar-refractivity contribution in [2.75, 3.05) is 38.6 Å². The van der Waals surface area contributed by atoms with Gasteiger partial charge in [-0.25, -0.2) is 4.98 Å². The predicted octanol–water partition coefficient (Wildman–Crippen LogP) is 1.72. The molecule has 1 atom stereocenters. The molecular weight excluding hydrogens is 236 g/mol. The molecule has 1 aliphatic heterocycles. The van der Waals surface area contributed by atoms with E-state index < -0.39 is 0 Å². The van der Waals surface area contributed by atoms with Crippen molar-refractivity contribution in [3.8, 4) is 0 Å². The monoisotopic (exact) mass is 262 g/mol. The van der Waals surface area contributed by atoms with E-state index in [0.717, 1.165) is 37.7 Å². The van der Waals surface area contributed by atoms with Gasteiger partial charge in [-0.2, -0.15) is 0 Å². The number of pyridine rings is 1. The van der Waals surface area contributed by atoms with Crippen molar-refractivity contribution in [2.45, 2.75) is 32.4 Å². The summed E-state index contributed by atoms with van der Waals surface area (Å²) in [6.07, 6.45) is 2.54. The third-order valence-corrected chi connectivity index (χ3v) is 3.80. The Morgan fingerprint density at radius 2 is 2.26 bits per heavy atom. The molecule has 4 heteroatoms. The van der Waals surface area contributed by atoms with E-state index in [0.29, 0.717) is 6.04 Å². The highest BCUT2D eigenvalue weighted by Gasteiger charge is 2.22. The Kier molecular flexibility index (Phi) is 5.16. The highest BCUT2D eigenvalue weighted by Crippen LogP contribution is 2.20. The van der Waals surface area contributed by atoms with E-state index in [1.54, 1.807) is 0 Å². The molecule has 0 aromatic carbocycles. The first-order valence-electron chi connectivity index (χ1n) is 7.28. The van der Waals surface area contributed by atoms with Crippen LogP contribution in [0.4, 0.5) is 5.82 Å². The number of hydrogen-bond acceptors (Lipinski definition) is 4. The summed E-state index contributed by atoms with van der Waals surface area (Å²) in [4.78, 5) is 9.52. The van der Waals surface area contributed by atoms with E-state index in [9.17, 15) is 0 Å². The minimum absolute atomic E-state index is 0.646. The lowest BCUT2D eigenvalue weighted by Gasteiger charge is -2.36. The fraction of sp³-hybridized carbons (Fsp3) is 0.667. The van der Waals surface area contributed by atoms with Gasteiger partial charge in [-0.3, -0.25) is 0 Å². The lowest BCUT2D eigenvalue weighted by atomic mass is 10.0. The predicted molar refractivity (Wildman–Crippen MR) is 80.5 cm³/mol.